The van der Waals surface area contributed by atoms with Gasteiger partial charge in [-0.3, -0.25) is 0 Å². The Balaban J connectivity index is 0.000000461. The van der Waals surface area contributed by atoms with E-state index in [1.165, 1.54) is 5.56 Å². The predicted molar refractivity (Wildman–Crippen MR) is 43.9 cm³/mol. The first-order chi connectivity index (χ1) is 5.43. The van der Waals surface area contributed by atoms with Gasteiger partial charge in [0.2, 0.25) is 0 Å². The number of hydrogen-bond donors (Lipinski definition) is 1. The first-order valence-electron chi connectivity index (χ1n) is 3.20. The maximum absolute atomic E-state index is 5.35. The summed E-state index contributed by atoms with van der Waals surface area (Å²) in [6, 6.07) is 10.9. The van der Waals surface area contributed by atoms with Crippen LogP contribution in [0.4, 0.5) is 0 Å². The maximum atomic E-state index is 5.35. The normalized spacial score (nSPS) is 8.36. The molecule has 0 heterocycles. The van der Waals surface area contributed by atoms with Crippen LogP contribution in [0.1, 0.15) is 5.56 Å². The van der Waals surface area contributed by atoms with Gasteiger partial charge < -0.3 is 5.73 Å². The molecule has 0 spiro atoms. The van der Waals surface area contributed by atoms with E-state index in [-0.39, 0.29) is 0 Å². The number of halogens is 1. The van der Waals surface area contributed by atoms with Crippen molar-refractivity contribution in [1.29, 1.82) is 0 Å². The summed E-state index contributed by atoms with van der Waals surface area (Å²) < 4.78 is 0. The van der Waals surface area contributed by atoms with Gasteiger partial charge in [-0.05, 0) is 6.54 Å². The van der Waals surface area contributed by atoms with E-state index >= 15 is 0 Å². The van der Waals surface area contributed by atoms with E-state index in [1.807, 2.05) is 18.2 Å². The van der Waals surface area contributed by atoms with Gasteiger partial charge in [0.1, 0.15) is 0 Å². The molecule has 1 aromatic rings. The minimum absolute atomic E-state index is 0.720. The van der Waals surface area contributed by atoms with Crippen LogP contribution in [-0.2, 0) is 24.6 Å². The molecule has 2 N–H and O–H groups in total. The van der Waals surface area contributed by atoms with Crippen molar-refractivity contribution in [1.82, 2.24) is 0 Å². The summed E-state index contributed by atoms with van der Waals surface area (Å²) in [5.41, 5.74) is 6.61. The first kappa shape index (κ1) is 11.1. The average Bonchev–Trinajstić information content (AvgIpc) is 2.11. The van der Waals surface area contributed by atoms with Crippen LogP contribution in [0.2, 0.25) is 0 Å². The Kier molecular flexibility index (Phi) is 8.33. The first-order valence-corrected chi connectivity index (χ1v) is 5.20. The molecular formula is C8H10ClNPd. The Labute approximate surface area is 82.3 Å². The van der Waals surface area contributed by atoms with Crippen LogP contribution in [0, 0.1) is 6.07 Å². The Bertz CT molecular complexity index is 167. The molecule has 0 radical (unpaired) electrons. The number of nitrogens with two attached hydrogens (primary N) is 1. The van der Waals surface area contributed by atoms with Gasteiger partial charge in [-0.1, -0.05) is 6.42 Å². The molecule has 0 amide bonds. The third-order valence-corrected chi connectivity index (χ3v) is 1.20. The number of benzene rings is 1. The second-order valence-corrected chi connectivity index (χ2v) is 1.95. The molecular weight excluding hydrogens is 252 g/mol. The number of hydrogen-bond acceptors (Lipinski definition) is 1. The minimum atomic E-state index is 0.720. The monoisotopic (exact) mass is 261 g/mol. The standard InChI is InChI=1S/C8H10N.ClH.Pd/c9-7-6-8-4-2-1-3-5-8;;/h1-2,4-5H,6-7,9H2;1H;/q-1;;+2/p-1. The summed E-state index contributed by atoms with van der Waals surface area (Å²) in [6.07, 6.45) is 0.956. The van der Waals surface area contributed by atoms with Gasteiger partial charge in [-0.15, -0.1) is 0 Å². The van der Waals surface area contributed by atoms with Gasteiger partial charge in [0, 0.05) is 0 Å². The Morgan fingerprint density at radius 3 is 2.73 bits per heavy atom. The number of rotatable bonds is 2. The fourth-order valence-electron chi connectivity index (χ4n) is 0.753. The zero-order valence-electron chi connectivity index (χ0n) is 6.00. The third kappa shape index (κ3) is 5.41. The average molecular weight is 262 g/mol. The van der Waals surface area contributed by atoms with E-state index < -0.39 is 0 Å². The Hall–Kier alpha value is 0.132. The summed E-state index contributed by atoms with van der Waals surface area (Å²) in [5, 5.41) is 0. The molecule has 64 valence electrons. The van der Waals surface area contributed by atoms with Crippen LogP contribution in [0.5, 0.6) is 0 Å². The van der Waals surface area contributed by atoms with E-state index in [4.69, 9.17) is 5.73 Å². The molecule has 0 saturated heterocycles. The van der Waals surface area contributed by atoms with Gasteiger partial charge in [0.05, 0.1) is 0 Å². The van der Waals surface area contributed by atoms with E-state index in [2.05, 4.69) is 39.8 Å². The molecule has 0 fully saturated rings. The van der Waals surface area contributed by atoms with Crippen LogP contribution in [0.25, 0.3) is 0 Å². The van der Waals surface area contributed by atoms with Crippen molar-refractivity contribution in [2.75, 3.05) is 6.54 Å². The molecule has 0 aliphatic carbocycles. The third-order valence-electron chi connectivity index (χ3n) is 1.20. The van der Waals surface area contributed by atoms with Crippen LogP contribution in [0.15, 0.2) is 24.3 Å². The van der Waals surface area contributed by atoms with Gasteiger partial charge in [0.25, 0.3) is 0 Å². The second-order valence-electron chi connectivity index (χ2n) is 1.95. The van der Waals surface area contributed by atoms with Gasteiger partial charge in [-0.25, -0.2) is 0 Å². The van der Waals surface area contributed by atoms with Crippen LogP contribution >= 0.6 is 9.53 Å². The molecule has 0 aromatic heterocycles. The molecule has 0 bridgehead atoms. The molecule has 1 aromatic carbocycles. The zero-order valence-corrected chi connectivity index (χ0v) is 8.31. The molecule has 0 saturated carbocycles. The Morgan fingerprint density at radius 2 is 2.27 bits per heavy atom. The summed E-state index contributed by atoms with van der Waals surface area (Å²) in [6.45, 7) is 0.720. The van der Waals surface area contributed by atoms with Crippen molar-refractivity contribution < 1.29 is 18.2 Å². The molecule has 0 aliphatic rings. The van der Waals surface area contributed by atoms with Crippen molar-refractivity contribution in [2.45, 2.75) is 6.42 Å². The summed E-state index contributed by atoms with van der Waals surface area (Å²) >= 11 is 2.22. The quantitative estimate of drug-likeness (QED) is 0.636. The van der Waals surface area contributed by atoms with Crippen molar-refractivity contribution in [2.24, 2.45) is 5.73 Å². The molecule has 0 atom stereocenters. The summed E-state index contributed by atoms with van der Waals surface area (Å²) in [7, 11) is 4.49. The van der Waals surface area contributed by atoms with Crippen LogP contribution in [-0.4, -0.2) is 6.54 Å². The van der Waals surface area contributed by atoms with Gasteiger partial charge in [0.15, 0.2) is 0 Å². The molecule has 1 nitrogen and oxygen atoms in total. The van der Waals surface area contributed by atoms with E-state index in [0.29, 0.717) is 0 Å². The fraction of sp³-hybridized carbons (Fsp3) is 0.250. The zero-order chi connectivity index (χ0) is 8.53. The van der Waals surface area contributed by atoms with Crippen LogP contribution in [0.3, 0.4) is 0 Å². The van der Waals surface area contributed by atoms with Crippen LogP contribution < -0.4 is 5.73 Å². The fourth-order valence-corrected chi connectivity index (χ4v) is 0.753. The molecule has 11 heavy (non-hydrogen) atoms. The van der Waals surface area contributed by atoms with Gasteiger partial charge in [-0.2, -0.15) is 35.9 Å². The van der Waals surface area contributed by atoms with E-state index in [1.54, 1.807) is 0 Å². The van der Waals surface area contributed by atoms with Crippen molar-refractivity contribution >= 4 is 9.53 Å². The summed E-state index contributed by atoms with van der Waals surface area (Å²) in [4.78, 5) is 0. The van der Waals surface area contributed by atoms with Crippen molar-refractivity contribution in [3.05, 3.63) is 35.9 Å². The molecule has 3 heteroatoms. The SMILES string of the molecule is NCCc1c[c-]ccc1.[Cl][Pd+]. The van der Waals surface area contributed by atoms with Gasteiger partial charge >= 0.3 is 27.7 Å². The van der Waals surface area contributed by atoms with E-state index in [0.717, 1.165) is 13.0 Å². The molecule has 0 aliphatic heterocycles. The van der Waals surface area contributed by atoms with Crippen molar-refractivity contribution in [3.8, 4) is 0 Å². The topological polar surface area (TPSA) is 26.0 Å². The van der Waals surface area contributed by atoms with E-state index in [9.17, 15) is 0 Å². The predicted octanol–water partition coefficient (Wildman–Crippen LogP) is 1.67. The second kappa shape index (κ2) is 8.23. The van der Waals surface area contributed by atoms with Crippen molar-refractivity contribution in [3.63, 3.8) is 0 Å². The summed E-state index contributed by atoms with van der Waals surface area (Å²) in [5.74, 6) is 0. The molecule has 0 unspecified atom stereocenters. The Morgan fingerprint density at radius 1 is 1.55 bits per heavy atom. The molecule has 1 rings (SSSR count).